The van der Waals surface area contributed by atoms with Crippen molar-refractivity contribution in [1.82, 2.24) is 14.9 Å². The summed E-state index contributed by atoms with van der Waals surface area (Å²) in [4.78, 5) is 4.31. The van der Waals surface area contributed by atoms with E-state index in [1.807, 2.05) is 6.33 Å². The molecule has 0 amide bonds. The summed E-state index contributed by atoms with van der Waals surface area (Å²) in [5, 5.41) is 3.25. The van der Waals surface area contributed by atoms with Gasteiger partial charge in [-0.15, -0.1) is 0 Å². The Morgan fingerprint density at radius 1 is 1.44 bits per heavy atom. The van der Waals surface area contributed by atoms with Crippen LogP contribution < -0.4 is 5.32 Å². The Hall–Kier alpha value is -0.870. The summed E-state index contributed by atoms with van der Waals surface area (Å²) in [6.45, 7) is 11.7. The van der Waals surface area contributed by atoms with Crippen molar-refractivity contribution in [1.29, 1.82) is 0 Å². The van der Waals surface area contributed by atoms with E-state index in [4.69, 9.17) is 4.74 Å². The van der Waals surface area contributed by atoms with Crippen molar-refractivity contribution in [3.8, 4) is 0 Å². The molecule has 0 aliphatic carbocycles. The lowest BCUT2D eigenvalue weighted by atomic mass is 10.2. The van der Waals surface area contributed by atoms with Gasteiger partial charge in [0, 0.05) is 19.3 Å². The predicted octanol–water partition coefficient (Wildman–Crippen LogP) is 1.81. The molecule has 0 aliphatic heterocycles. The molecule has 0 bridgehead atoms. The van der Waals surface area contributed by atoms with Gasteiger partial charge in [0.25, 0.3) is 0 Å². The largest absolute Gasteiger partial charge is 0.374 e. The zero-order chi connectivity index (χ0) is 12.0. The minimum absolute atomic E-state index is 0.0623. The predicted molar refractivity (Wildman–Crippen MR) is 65.3 cm³/mol. The van der Waals surface area contributed by atoms with Crippen LogP contribution >= 0.6 is 0 Å². The monoisotopic (exact) mass is 225 g/mol. The van der Waals surface area contributed by atoms with Crippen LogP contribution in [0.3, 0.4) is 0 Å². The smallest absolute Gasteiger partial charge is 0.0950 e. The number of nitrogens with zero attached hydrogens (tertiary/aromatic N) is 2. The molecule has 0 saturated heterocycles. The fourth-order valence-electron chi connectivity index (χ4n) is 1.33. The van der Waals surface area contributed by atoms with E-state index in [1.54, 1.807) is 0 Å². The molecule has 0 saturated carbocycles. The number of hydrogen-bond donors (Lipinski definition) is 1. The highest BCUT2D eigenvalue weighted by molar-refractivity contribution is 4.95. The van der Waals surface area contributed by atoms with Gasteiger partial charge in [0.05, 0.1) is 24.2 Å². The van der Waals surface area contributed by atoms with Gasteiger partial charge >= 0.3 is 0 Å². The highest BCUT2D eigenvalue weighted by Crippen LogP contribution is 2.06. The molecule has 92 valence electrons. The molecule has 0 unspecified atom stereocenters. The van der Waals surface area contributed by atoms with Crippen LogP contribution in [0.25, 0.3) is 0 Å². The zero-order valence-electron chi connectivity index (χ0n) is 10.8. The number of hydrogen-bond acceptors (Lipinski definition) is 3. The quantitative estimate of drug-likeness (QED) is 0.802. The molecule has 0 radical (unpaired) electrons. The first-order chi connectivity index (χ1) is 7.51. The van der Waals surface area contributed by atoms with Gasteiger partial charge < -0.3 is 14.6 Å². The van der Waals surface area contributed by atoms with Crippen molar-refractivity contribution in [3.05, 3.63) is 18.2 Å². The summed E-state index contributed by atoms with van der Waals surface area (Å²) < 4.78 is 7.73. The van der Waals surface area contributed by atoms with Crippen LogP contribution in [0.1, 0.15) is 33.4 Å². The van der Waals surface area contributed by atoms with E-state index >= 15 is 0 Å². The molecule has 0 fully saturated rings. The van der Waals surface area contributed by atoms with Crippen molar-refractivity contribution in [2.24, 2.45) is 0 Å². The topological polar surface area (TPSA) is 39.1 Å². The lowest BCUT2D eigenvalue weighted by Crippen LogP contribution is -2.21. The average Bonchev–Trinajstić information content (AvgIpc) is 2.61. The molecular weight excluding hydrogens is 202 g/mol. The Balaban J connectivity index is 2.29. The van der Waals surface area contributed by atoms with Crippen LogP contribution in [-0.4, -0.2) is 28.3 Å². The third-order valence-electron chi connectivity index (χ3n) is 2.13. The van der Waals surface area contributed by atoms with Gasteiger partial charge in [0.15, 0.2) is 0 Å². The van der Waals surface area contributed by atoms with Gasteiger partial charge in [0.2, 0.25) is 0 Å². The first kappa shape index (κ1) is 13.2. The summed E-state index contributed by atoms with van der Waals surface area (Å²) in [5.74, 6) is 0. The first-order valence-corrected chi connectivity index (χ1v) is 5.86. The second kappa shape index (κ2) is 6.01. The van der Waals surface area contributed by atoms with E-state index in [0.29, 0.717) is 0 Å². The van der Waals surface area contributed by atoms with Crippen LogP contribution in [-0.2, 0) is 17.8 Å². The van der Waals surface area contributed by atoms with E-state index in [9.17, 15) is 0 Å². The SMILES string of the molecule is CCNCc1cn(CCOC(C)(C)C)cn1. The van der Waals surface area contributed by atoms with Gasteiger partial charge in [-0.2, -0.15) is 0 Å². The summed E-state index contributed by atoms with van der Waals surface area (Å²) in [5.41, 5.74) is 1.02. The number of imidazole rings is 1. The first-order valence-electron chi connectivity index (χ1n) is 5.86. The lowest BCUT2D eigenvalue weighted by Gasteiger charge is -2.19. The number of aromatic nitrogens is 2. The maximum absolute atomic E-state index is 5.66. The van der Waals surface area contributed by atoms with Gasteiger partial charge in [0.1, 0.15) is 0 Å². The van der Waals surface area contributed by atoms with E-state index in [0.717, 1.165) is 31.9 Å². The van der Waals surface area contributed by atoms with E-state index < -0.39 is 0 Å². The maximum Gasteiger partial charge on any atom is 0.0950 e. The molecule has 4 heteroatoms. The van der Waals surface area contributed by atoms with Crippen LogP contribution in [0.5, 0.6) is 0 Å². The summed E-state index contributed by atoms with van der Waals surface area (Å²) in [6.07, 6.45) is 3.92. The molecule has 0 atom stereocenters. The Bertz CT molecular complexity index is 301. The molecule has 0 spiro atoms. The lowest BCUT2D eigenvalue weighted by molar-refractivity contribution is -0.00683. The van der Waals surface area contributed by atoms with Crippen molar-refractivity contribution in [2.75, 3.05) is 13.2 Å². The second-order valence-corrected chi connectivity index (χ2v) is 4.84. The van der Waals surface area contributed by atoms with Crippen molar-refractivity contribution < 1.29 is 4.74 Å². The summed E-state index contributed by atoms with van der Waals surface area (Å²) in [6, 6.07) is 0. The highest BCUT2D eigenvalue weighted by Gasteiger charge is 2.09. The fraction of sp³-hybridized carbons (Fsp3) is 0.750. The van der Waals surface area contributed by atoms with Gasteiger partial charge in [-0.3, -0.25) is 0 Å². The number of ether oxygens (including phenoxy) is 1. The molecule has 4 nitrogen and oxygen atoms in total. The van der Waals surface area contributed by atoms with Crippen LogP contribution in [0.2, 0.25) is 0 Å². The normalized spacial score (nSPS) is 12.0. The minimum atomic E-state index is -0.0623. The van der Waals surface area contributed by atoms with E-state index in [1.165, 1.54) is 0 Å². The van der Waals surface area contributed by atoms with Crippen molar-refractivity contribution in [3.63, 3.8) is 0 Å². The van der Waals surface area contributed by atoms with Gasteiger partial charge in [-0.25, -0.2) is 4.98 Å². The highest BCUT2D eigenvalue weighted by atomic mass is 16.5. The van der Waals surface area contributed by atoms with Crippen molar-refractivity contribution in [2.45, 2.75) is 46.4 Å². The molecule has 1 heterocycles. The third kappa shape index (κ3) is 5.28. The third-order valence-corrected chi connectivity index (χ3v) is 2.13. The average molecular weight is 225 g/mol. The summed E-state index contributed by atoms with van der Waals surface area (Å²) in [7, 11) is 0. The molecular formula is C12H23N3O. The Morgan fingerprint density at radius 3 is 2.81 bits per heavy atom. The molecule has 16 heavy (non-hydrogen) atoms. The van der Waals surface area contributed by atoms with Crippen molar-refractivity contribution >= 4 is 0 Å². The number of nitrogens with one attached hydrogen (secondary N) is 1. The zero-order valence-corrected chi connectivity index (χ0v) is 10.8. The van der Waals surface area contributed by atoms with E-state index in [2.05, 4.69) is 48.8 Å². The minimum Gasteiger partial charge on any atom is -0.374 e. The van der Waals surface area contributed by atoms with Crippen LogP contribution in [0, 0.1) is 0 Å². The van der Waals surface area contributed by atoms with E-state index in [-0.39, 0.29) is 5.60 Å². The Kier molecular flexibility index (Phi) is 4.96. The number of rotatable bonds is 6. The van der Waals surface area contributed by atoms with Gasteiger partial charge in [-0.1, -0.05) is 6.92 Å². The standard InChI is InChI=1S/C12H23N3O/c1-5-13-8-11-9-15(10-14-11)6-7-16-12(2,3)4/h9-10,13H,5-8H2,1-4H3. The Labute approximate surface area is 98.0 Å². The molecule has 1 aromatic heterocycles. The molecule has 1 aromatic rings. The summed E-state index contributed by atoms with van der Waals surface area (Å²) >= 11 is 0. The maximum atomic E-state index is 5.66. The van der Waals surface area contributed by atoms with Crippen LogP contribution in [0.15, 0.2) is 12.5 Å². The molecule has 0 aromatic carbocycles. The molecule has 1 N–H and O–H groups in total. The fourth-order valence-corrected chi connectivity index (χ4v) is 1.33. The molecule has 1 rings (SSSR count). The van der Waals surface area contributed by atoms with Crippen LogP contribution in [0.4, 0.5) is 0 Å². The Morgan fingerprint density at radius 2 is 2.19 bits per heavy atom. The second-order valence-electron chi connectivity index (χ2n) is 4.84. The van der Waals surface area contributed by atoms with Gasteiger partial charge in [-0.05, 0) is 27.3 Å². The molecule has 0 aliphatic rings.